The van der Waals surface area contributed by atoms with Gasteiger partial charge in [0.25, 0.3) is 0 Å². The van der Waals surface area contributed by atoms with Crippen molar-refractivity contribution in [1.29, 1.82) is 0 Å². The van der Waals surface area contributed by atoms with Crippen molar-refractivity contribution in [2.45, 2.75) is 32.2 Å². The largest absolute Gasteiger partial charge is 0.374 e. The SMILES string of the molecule is CN=C(NCc1ccc2c(c1)CCCN2C)NCC1CC1. The number of fused-ring (bicyclic) bond motifs is 1. The van der Waals surface area contributed by atoms with Crippen LogP contribution in [0.3, 0.4) is 0 Å². The van der Waals surface area contributed by atoms with Gasteiger partial charge in [-0.15, -0.1) is 0 Å². The highest BCUT2D eigenvalue weighted by molar-refractivity contribution is 5.79. The molecule has 2 aliphatic rings. The number of nitrogens with one attached hydrogen (secondary N) is 2. The molecule has 1 aromatic carbocycles. The van der Waals surface area contributed by atoms with Gasteiger partial charge in [0, 0.05) is 39.4 Å². The second-order valence-electron chi connectivity index (χ2n) is 6.24. The maximum atomic E-state index is 4.29. The van der Waals surface area contributed by atoms with E-state index in [-0.39, 0.29) is 0 Å². The van der Waals surface area contributed by atoms with Crippen molar-refractivity contribution in [2.24, 2.45) is 10.9 Å². The minimum absolute atomic E-state index is 0.835. The van der Waals surface area contributed by atoms with Gasteiger partial charge in [0.15, 0.2) is 5.96 Å². The molecule has 3 rings (SSSR count). The van der Waals surface area contributed by atoms with Gasteiger partial charge in [-0.1, -0.05) is 12.1 Å². The number of aliphatic imine (C=N–C) groups is 1. The summed E-state index contributed by atoms with van der Waals surface area (Å²) in [5, 5.41) is 6.81. The average molecular weight is 286 g/mol. The molecule has 0 radical (unpaired) electrons. The highest BCUT2D eigenvalue weighted by atomic mass is 15.2. The number of guanidine groups is 1. The fourth-order valence-electron chi connectivity index (χ4n) is 2.92. The molecule has 21 heavy (non-hydrogen) atoms. The van der Waals surface area contributed by atoms with Gasteiger partial charge >= 0.3 is 0 Å². The van der Waals surface area contributed by atoms with Crippen LogP contribution < -0.4 is 15.5 Å². The monoisotopic (exact) mass is 286 g/mol. The number of nitrogens with zero attached hydrogens (tertiary/aromatic N) is 2. The summed E-state index contributed by atoms with van der Waals surface area (Å²) in [5.74, 6) is 1.78. The maximum Gasteiger partial charge on any atom is 0.191 e. The standard InChI is InChI=1S/C17H26N4/c1-18-17(19-11-13-5-6-13)20-12-14-7-8-16-15(10-14)4-3-9-21(16)2/h7-8,10,13H,3-6,9,11-12H2,1-2H3,(H2,18,19,20). The molecule has 1 aliphatic carbocycles. The third kappa shape index (κ3) is 3.69. The summed E-state index contributed by atoms with van der Waals surface area (Å²) in [6.07, 6.45) is 5.18. The summed E-state index contributed by atoms with van der Waals surface area (Å²) in [4.78, 5) is 6.64. The smallest absolute Gasteiger partial charge is 0.191 e. The second-order valence-corrected chi connectivity index (χ2v) is 6.24. The molecule has 0 spiro atoms. The highest BCUT2D eigenvalue weighted by Crippen LogP contribution is 2.28. The van der Waals surface area contributed by atoms with E-state index < -0.39 is 0 Å². The van der Waals surface area contributed by atoms with E-state index in [9.17, 15) is 0 Å². The predicted molar refractivity (Wildman–Crippen MR) is 89.0 cm³/mol. The number of anilines is 1. The Hall–Kier alpha value is -1.71. The summed E-state index contributed by atoms with van der Waals surface area (Å²) in [6, 6.07) is 6.82. The summed E-state index contributed by atoms with van der Waals surface area (Å²) >= 11 is 0. The van der Waals surface area contributed by atoms with Gasteiger partial charge < -0.3 is 15.5 Å². The average Bonchev–Trinajstić information content (AvgIpc) is 3.32. The summed E-state index contributed by atoms with van der Waals surface area (Å²) in [6.45, 7) is 3.05. The Labute approximate surface area is 127 Å². The van der Waals surface area contributed by atoms with Gasteiger partial charge in [0.1, 0.15) is 0 Å². The molecule has 0 atom stereocenters. The molecule has 0 aromatic heterocycles. The topological polar surface area (TPSA) is 39.7 Å². The van der Waals surface area contributed by atoms with Crippen LogP contribution in [-0.2, 0) is 13.0 Å². The van der Waals surface area contributed by atoms with Crippen LogP contribution in [0.2, 0.25) is 0 Å². The molecule has 4 heteroatoms. The third-order valence-corrected chi connectivity index (χ3v) is 4.43. The van der Waals surface area contributed by atoms with Gasteiger partial charge in [0.05, 0.1) is 0 Å². The summed E-state index contributed by atoms with van der Waals surface area (Å²) in [5.41, 5.74) is 4.20. The lowest BCUT2D eigenvalue weighted by molar-refractivity contribution is 0.731. The van der Waals surface area contributed by atoms with E-state index in [1.54, 1.807) is 0 Å². The van der Waals surface area contributed by atoms with E-state index >= 15 is 0 Å². The third-order valence-electron chi connectivity index (χ3n) is 4.43. The Kier molecular flexibility index (Phi) is 4.32. The number of aryl methyl sites for hydroxylation is 1. The zero-order valence-corrected chi connectivity index (χ0v) is 13.2. The molecular weight excluding hydrogens is 260 g/mol. The molecule has 114 valence electrons. The molecule has 1 aliphatic heterocycles. The van der Waals surface area contributed by atoms with Gasteiger partial charge in [-0.3, -0.25) is 4.99 Å². The predicted octanol–water partition coefficient (Wildman–Crippen LogP) is 2.14. The molecular formula is C17H26N4. The van der Waals surface area contributed by atoms with Crippen LogP contribution in [0.15, 0.2) is 23.2 Å². The van der Waals surface area contributed by atoms with Crippen molar-refractivity contribution in [1.82, 2.24) is 10.6 Å². The summed E-state index contributed by atoms with van der Waals surface area (Å²) in [7, 11) is 4.02. The first-order valence-corrected chi connectivity index (χ1v) is 8.03. The normalized spacial score (nSPS) is 18.4. The lowest BCUT2D eigenvalue weighted by Gasteiger charge is -2.28. The molecule has 1 saturated carbocycles. The molecule has 1 fully saturated rings. The van der Waals surface area contributed by atoms with Gasteiger partial charge in [-0.25, -0.2) is 0 Å². The Morgan fingerprint density at radius 3 is 2.95 bits per heavy atom. The molecule has 0 amide bonds. The van der Waals surface area contributed by atoms with Gasteiger partial charge in [-0.05, 0) is 48.8 Å². The van der Waals surface area contributed by atoms with Crippen molar-refractivity contribution >= 4 is 11.6 Å². The first-order valence-electron chi connectivity index (χ1n) is 8.03. The van der Waals surface area contributed by atoms with Crippen molar-refractivity contribution in [3.8, 4) is 0 Å². The maximum absolute atomic E-state index is 4.29. The highest BCUT2D eigenvalue weighted by Gasteiger charge is 2.21. The molecule has 4 nitrogen and oxygen atoms in total. The minimum atomic E-state index is 0.835. The lowest BCUT2D eigenvalue weighted by Crippen LogP contribution is -2.37. The fraction of sp³-hybridized carbons (Fsp3) is 0.588. The quantitative estimate of drug-likeness (QED) is 0.658. The Morgan fingerprint density at radius 1 is 1.33 bits per heavy atom. The van der Waals surface area contributed by atoms with E-state index in [0.29, 0.717) is 0 Å². The molecule has 0 bridgehead atoms. The Balaban J connectivity index is 1.56. The fourth-order valence-corrected chi connectivity index (χ4v) is 2.92. The molecule has 1 heterocycles. The minimum Gasteiger partial charge on any atom is -0.374 e. The molecule has 1 aromatic rings. The van der Waals surface area contributed by atoms with E-state index in [1.807, 2.05) is 7.05 Å². The van der Waals surface area contributed by atoms with Crippen LogP contribution in [0, 0.1) is 5.92 Å². The molecule has 0 unspecified atom stereocenters. The molecule has 0 saturated heterocycles. The van der Waals surface area contributed by atoms with Crippen molar-refractivity contribution in [3.63, 3.8) is 0 Å². The van der Waals surface area contributed by atoms with Crippen LogP contribution in [0.1, 0.15) is 30.4 Å². The number of rotatable bonds is 4. The first-order chi connectivity index (χ1) is 10.3. The number of hydrogen-bond donors (Lipinski definition) is 2. The van der Waals surface area contributed by atoms with E-state index in [4.69, 9.17) is 0 Å². The van der Waals surface area contributed by atoms with Crippen LogP contribution >= 0.6 is 0 Å². The van der Waals surface area contributed by atoms with E-state index in [0.717, 1.165) is 25.0 Å². The van der Waals surface area contributed by atoms with E-state index in [2.05, 4.69) is 45.8 Å². The van der Waals surface area contributed by atoms with E-state index in [1.165, 1.54) is 49.0 Å². The van der Waals surface area contributed by atoms with Crippen molar-refractivity contribution in [3.05, 3.63) is 29.3 Å². The van der Waals surface area contributed by atoms with Crippen LogP contribution in [0.4, 0.5) is 5.69 Å². The summed E-state index contributed by atoms with van der Waals surface area (Å²) < 4.78 is 0. The Bertz CT molecular complexity index is 520. The van der Waals surface area contributed by atoms with Crippen LogP contribution in [0.5, 0.6) is 0 Å². The van der Waals surface area contributed by atoms with Gasteiger partial charge in [0.2, 0.25) is 0 Å². The van der Waals surface area contributed by atoms with Crippen molar-refractivity contribution < 1.29 is 0 Å². The second kappa shape index (κ2) is 6.37. The molecule has 2 N–H and O–H groups in total. The first kappa shape index (κ1) is 14.2. The van der Waals surface area contributed by atoms with Gasteiger partial charge in [-0.2, -0.15) is 0 Å². The number of benzene rings is 1. The zero-order chi connectivity index (χ0) is 14.7. The zero-order valence-electron chi connectivity index (χ0n) is 13.2. The lowest BCUT2D eigenvalue weighted by atomic mass is 9.99. The van der Waals surface area contributed by atoms with Crippen LogP contribution in [0.25, 0.3) is 0 Å². The number of hydrogen-bond acceptors (Lipinski definition) is 2. The Morgan fingerprint density at radius 2 is 2.19 bits per heavy atom. The van der Waals surface area contributed by atoms with Crippen LogP contribution in [-0.4, -0.2) is 33.1 Å². The van der Waals surface area contributed by atoms with Crippen molar-refractivity contribution in [2.75, 3.05) is 32.1 Å².